The first kappa shape index (κ1) is 65.1. The summed E-state index contributed by atoms with van der Waals surface area (Å²) in [6.07, 6.45) is 0. The quantitative estimate of drug-likeness (QED) is 0.117. The summed E-state index contributed by atoms with van der Waals surface area (Å²) in [4.78, 5) is 30.0. The number of nitrogens with zero attached hydrogens (tertiary/aromatic N) is 6. The minimum absolute atomic E-state index is 0.620. The average Bonchev–Trinajstić information content (AvgIpc) is 1.59. The van der Waals surface area contributed by atoms with Crippen LogP contribution >= 0.6 is 0 Å². The summed E-state index contributed by atoms with van der Waals surface area (Å²) in [6, 6.07) is 129. The smallest absolute Gasteiger partial charge is 0.164 e. The molecule has 524 valence electrons. The summed E-state index contributed by atoms with van der Waals surface area (Å²) >= 11 is 0. The van der Waals surface area contributed by atoms with Gasteiger partial charge < -0.3 is 17.7 Å². The molecule has 10 nitrogen and oxygen atoms in total. The van der Waals surface area contributed by atoms with E-state index in [1.165, 1.54) is 11.1 Å². The fourth-order valence-electron chi connectivity index (χ4n) is 15.4. The third-order valence-electron chi connectivity index (χ3n) is 21.1. The normalized spacial score (nSPS) is 11.6. The Bertz CT molecular complexity index is 7350. The first-order chi connectivity index (χ1) is 55.4. The Labute approximate surface area is 642 Å². The van der Waals surface area contributed by atoms with E-state index < -0.39 is 0 Å². The molecule has 0 aliphatic heterocycles. The molecule has 0 atom stereocenters. The zero-order valence-electron chi connectivity index (χ0n) is 60.1. The number of aromatic nitrogens is 6. The van der Waals surface area contributed by atoms with Gasteiger partial charge in [0.1, 0.15) is 44.7 Å². The van der Waals surface area contributed by atoms with Gasteiger partial charge in [0.05, 0.1) is 0 Å². The number of para-hydroxylation sites is 2. The number of rotatable bonds is 12. The van der Waals surface area contributed by atoms with Crippen molar-refractivity contribution >= 4 is 87.8 Å². The van der Waals surface area contributed by atoms with Crippen molar-refractivity contribution in [2.75, 3.05) is 0 Å². The van der Waals surface area contributed by atoms with Crippen molar-refractivity contribution in [1.29, 1.82) is 0 Å². The lowest BCUT2D eigenvalue weighted by Gasteiger charge is -2.11. The van der Waals surface area contributed by atoms with Crippen molar-refractivity contribution in [1.82, 2.24) is 29.9 Å². The highest BCUT2D eigenvalue weighted by molar-refractivity contribution is 6.17. The van der Waals surface area contributed by atoms with Gasteiger partial charge in [-0.05, 0) is 140 Å². The lowest BCUT2D eigenvalue weighted by Crippen LogP contribution is -2.00. The number of benzene rings is 16. The largest absolute Gasteiger partial charge is 0.456 e. The summed E-state index contributed by atoms with van der Waals surface area (Å²) in [5.41, 5.74) is 25.7. The Kier molecular flexibility index (Phi) is 16.0. The van der Waals surface area contributed by atoms with E-state index in [1.54, 1.807) is 0 Å². The van der Waals surface area contributed by atoms with Crippen molar-refractivity contribution in [3.8, 4) is 135 Å². The number of fused-ring (bicyclic) bond motifs is 12. The van der Waals surface area contributed by atoms with Crippen LogP contribution in [-0.2, 0) is 0 Å². The topological polar surface area (TPSA) is 130 Å². The molecule has 6 aromatic heterocycles. The molecule has 0 saturated carbocycles. The molecule has 0 bridgehead atoms. The first-order valence-corrected chi connectivity index (χ1v) is 37.3. The lowest BCUT2D eigenvalue weighted by atomic mass is 9.97. The molecule has 22 aromatic rings. The van der Waals surface area contributed by atoms with E-state index in [2.05, 4.69) is 255 Å². The van der Waals surface area contributed by atoms with Crippen LogP contribution in [0.5, 0.6) is 0 Å². The van der Waals surface area contributed by atoms with Crippen LogP contribution in [0, 0.1) is 0 Å². The molecule has 6 heterocycles. The molecule has 22 rings (SSSR count). The summed E-state index contributed by atoms with van der Waals surface area (Å²) in [6.45, 7) is 0. The van der Waals surface area contributed by atoms with Gasteiger partial charge in [-0.3, -0.25) is 0 Å². The highest BCUT2D eigenvalue weighted by Crippen LogP contribution is 2.43. The van der Waals surface area contributed by atoms with Crippen molar-refractivity contribution in [3.63, 3.8) is 0 Å². The van der Waals surface area contributed by atoms with Gasteiger partial charge in [0, 0.05) is 88.6 Å². The third kappa shape index (κ3) is 12.2. The minimum atomic E-state index is 0.620. The average molecular weight is 1440 g/mol. The Hall–Kier alpha value is -15.3. The summed E-state index contributed by atoms with van der Waals surface area (Å²) in [5.74, 6) is 3.76. The van der Waals surface area contributed by atoms with E-state index in [1.807, 2.05) is 121 Å². The van der Waals surface area contributed by atoms with Gasteiger partial charge >= 0.3 is 0 Å². The van der Waals surface area contributed by atoms with E-state index in [0.717, 1.165) is 177 Å². The zero-order chi connectivity index (χ0) is 74.0. The Morgan fingerprint density at radius 1 is 0.116 bits per heavy atom. The van der Waals surface area contributed by atoms with Gasteiger partial charge in [-0.25, -0.2) is 29.9 Å². The Morgan fingerprint density at radius 2 is 0.339 bits per heavy atom. The molecule has 0 amide bonds. The number of furan rings is 4. The molecular weight excluding hydrogens is 1370 g/mol. The van der Waals surface area contributed by atoms with Crippen molar-refractivity contribution in [2.24, 2.45) is 0 Å². The molecule has 16 aromatic carbocycles. The fraction of sp³-hybridized carbons (Fsp3) is 0. The maximum absolute atomic E-state index is 6.43. The molecule has 10 heteroatoms. The number of hydrogen-bond donors (Lipinski definition) is 0. The molecule has 0 unspecified atom stereocenters. The standard InChI is InChI=1S/2C51H31N3O2/c1-3-11-32(12-4-1)33-21-23-35(24-22-33)50-52-49(34-13-5-2-6-14-34)53-51(54-50)40-18-10-17-38(28-40)36-15-9-16-37(27-36)39-25-26-46-42(29-39)44-30-43-41-19-7-8-20-45(41)55-47(43)31-48(44)56-46;1-3-11-32(12-4-1)33-21-23-35(24-22-33)50-52-49(34-13-5-2-6-14-34)53-51(54-50)40-18-10-17-38(28-40)36-15-9-16-37(27-36)39-25-26-42-44-30-43-41-19-7-8-20-45(41)55-47(43)31-48(44)56-46(42)29-39/h2*1-31H. The van der Waals surface area contributed by atoms with E-state index in [9.17, 15) is 0 Å². The maximum atomic E-state index is 6.43. The third-order valence-corrected chi connectivity index (χ3v) is 21.1. The highest BCUT2D eigenvalue weighted by atomic mass is 16.4. The molecule has 0 fully saturated rings. The van der Waals surface area contributed by atoms with Gasteiger partial charge in [0.2, 0.25) is 0 Å². The van der Waals surface area contributed by atoms with E-state index in [-0.39, 0.29) is 0 Å². The molecular formula is C102H62N6O4. The summed E-state index contributed by atoms with van der Waals surface area (Å²) < 4.78 is 25.0. The predicted octanol–water partition coefficient (Wildman–Crippen LogP) is 27.3. The van der Waals surface area contributed by atoms with Crippen LogP contribution in [0.25, 0.3) is 223 Å². The second kappa shape index (κ2) is 27.5. The molecule has 0 radical (unpaired) electrons. The molecule has 112 heavy (non-hydrogen) atoms. The van der Waals surface area contributed by atoms with Gasteiger partial charge in [-0.15, -0.1) is 0 Å². The second-order valence-corrected chi connectivity index (χ2v) is 28.1. The zero-order valence-corrected chi connectivity index (χ0v) is 60.1. The van der Waals surface area contributed by atoms with Gasteiger partial charge in [-0.2, -0.15) is 0 Å². The molecule has 0 aliphatic carbocycles. The van der Waals surface area contributed by atoms with Crippen LogP contribution in [0.15, 0.2) is 394 Å². The van der Waals surface area contributed by atoms with E-state index >= 15 is 0 Å². The van der Waals surface area contributed by atoms with Crippen LogP contribution in [0.2, 0.25) is 0 Å². The van der Waals surface area contributed by atoms with Crippen molar-refractivity contribution in [3.05, 3.63) is 376 Å². The maximum Gasteiger partial charge on any atom is 0.164 e. The van der Waals surface area contributed by atoms with Gasteiger partial charge in [0.15, 0.2) is 34.9 Å². The molecule has 0 N–H and O–H groups in total. The van der Waals surface area contributed by atoms with E-state index in [0.29, 0.717) is 34.9 Å². The molecule has 0 saturated heterocycles. The van der Waals surface area contributed by atoms with Gasteiger partial charge in [0.25, 0.3) is 0 Å². The van der Waals surface area contributed by atoms with Crippen LogP contribution in [0.4, 0.5) is 0 Å². The monoisotopic (exact) mass is 1430 g/mol. The number of hydrogen-bond acceptors (Lipinski definition) is 10. The van der Waals surface area contributed by atoms with Crippen LogP contribution in [-0.4, -0.2) is 29.9 Å². The van der Waals surface area contributed by atoms with Crippen LogP contribution in [0.3, 0.4) is 0 Å². The van der Waals surface area contributed by atoms with Crippen LogP contribution < -0.4 is 0 Å². The lowest BCUT2D eigenvalue weighted by molar-refractivity contribution is 0.655. The second-order valence-electron chi connectivity index (χ2n) is 28.1. The first-order valence-electron chi connectivity index (χ1n) is 37.3. The summed E-state index contributed by atoms with van der Waals surface area (Å²) in [5, 5.41) is 8.71. The Morgan fingerprint density at radius 3 is 0.741 bits per heavy atom. The SMILES string of the molecule is c1ccc(-c2ccc(-c3nc(-c4ccccc4)nc(-c4cccc(-c5cccc(-c6ccc7c(c6)oc6cc8oc9ccccc9c8cc67)c5)c4)n3)cc2)cc1.c1ccc(-c2ccc(-c3nc(-c4ccccc4)nc(-c4cccc(-c5cccc(-c6ccc7oc8cc9oc%10ccccc%10c9cc8c7c6)c5)c4)n3)cc2)cc1. The summed E-state index contributed by atoms with van der Waals surface area (Å²) in [7, 11) is 0. The van der Waals surface area contributed by atoms with Crippen LogP contribution in [0.1, 0.15) is 0 Å². The van der Waals surface area contributed by atoms with Gasteiger partial charge in [-0.1, -0.05) is 291 Å². The van der Waals surface area contributed by atoms with E-state index in [4.69, 9.17) is 47.6 Å². The van der Waals surface area contributed by atoms with Crippen molar-refractivity contribution in [2.45, 2.75) is 0 Å². The van der Waals surface area contributed by atoms with Crippen molar-refractivity contribution < 1.29 is 17.7 Å². The minimum Gasteiger partial charge on any atom is -0.456 e. The Balaban J connectivity index is 0.000000141. The molecule has 0 aliphatic rings. The molecule has 0 spiro atoms. The predicted molar refractivity (Wildman–Crippen MR) is 454 cm³/mol. The highest BCUT2D eigenvalue weighted by Gasteiger charge is 2.20. The fourth-order valence-corrected chi connectivity index (χ4v) is 15.4.